The Morgan fingerprint density at radius 3 is 2.60 bits per heavy atom. The van der Waals surface area contributed by atoms with E-state index in [4.69, 9.17) is 14.5 Å². The van der Waals surface area contributed by atoms with Gasteiger partial charge in [-0.15, -0.1) is 0 Å². The molecule has 0 unspecified atom stereocenters. The fourth-order valence-electron chi connectivity index (χ4n) is 3.62. The molecule has 1 aromatic heterocycles. The lowest BCUT2D eigenvalue weighted by molar-refractivity contribution is -0.116. The fraction of sp³-hybridized carbons (Fsp3) is 0.167. The van der Waals surface area contributed by atoms with Crippen LogP contribution in [-0.2, 0) is 11.3 Å². The summed E-state index contributed by atoms with van der Waals surface area (Å²) in [6.07, 6.45) is 0. The number of imidazole rings is 1. The maximum Gasteiger partial charge on any atom is 0.244 e. The molecule has 6 heteroatoms. The molecule has 4 aromatic rings. The number of aryl methyl sites for hydroxylation is 1. The maximum atomic E-state index is 12.9. The number of carbonyl (C=O) groups excluding carboxylic acids is 1. The number of ether oxygens (including phenoxy) is 2. The van der Waals surface area contributed by atoms with Crippen LogP contribution < -0.4 is 14.8 Å². The summed E-state index contributed by atoms with van der Waals surface area (Å²) in [5.74, 6) is 1.98. The number of fused-ring (bicyclic) bond motifs is 2. The molecule has 6 nitrogen and oxygen atoms in total. The van der Waals surface area contributed by atoms with Gasteiger partial charge in [-0.25, -0.2) is 4.98 Å². The van der Waals surface area contributed by atoms with Crippen LogP contribution in [0.4, 0.5) is 5.69 Å². The Labute approximate surface area is 174 Å². The third-order valence-electron chi connectivity index (χ3n) is 5.09. The van der Waals surface area contributed by atoms with E-state index < -0.39 is 0 Å². The highest BCUT2D eigenvalue weighted by Gasteiger charge is 2.17. The van der Waals surface area contributed by atoms with Gasteiger partial charge in [-0.1, -0.05) is 42.0 Å². The van der Waals surface area contributed by atoms with Crippen molar-refractivity contribution in [3.63, 3.8) is 0 Å². The minimum Gasteiger partial charge on any atom is -0.486 e. The molecule has 0 saturated heterocycles. The smallest absolute Gasteiger partial charge is 0.244 e. The van der Waals surface area contributed by atoms with Crippen molar-refractivity contribution in [1.29, 1.82) is 0 Å². The highest BCUT2D eigenvalue weighted by atomic mass is 16.6. The van der Waals surface area contributed by atoms with E-state index in [1.807, 2.05) is 72.2 Å². The fourth-order valence-corrected chi connectivity index (χ4v) is 3.62. The van der Waals surface area contributed by atoms with Crippen LogP contribution in [-0.4, -0.2) is 28.7 Å². The molecule has 3 aromatic carbocycles. The summed E-state index contributed by atoms with van der Waals surface area (Å²) in [4.78, 5) is 17.7. The van der Waals surface area contributed by atoms with Crippen molar-refractivity contribution < 1.29 is 14.3 Å². The molecule has 1 aliphatic heterocycles. The van der Waals surface area contributed by atoms with Crippen LogP contribution in [0.15, 0.2) is 66.7 Å². The van der Waals surface area contributed by atoms with E-state index in [0.717, 1.165) is 22.4 Å². The van der Waals surface area contributed by atoms with Crippen molar-refractivity contribution in [2.75, 3.05) is 18.5 Å². The van der Waals surface area contributed by atoms with Crippen molar-refractivity contribution >= 4 is 22.6 Å². The second kappa shape index (κ2) is 7.55. The molecular weight excluding hydrogens is 378 g/mol. The number of para-hydroxylation sites is 2. The normalized spacial score (nSPS) is 12.7. The number of aromatic nitrogens is 2. The maximum absolute atomic E-state index is 12.9. The molecular formula is C24H21N3O3. The summed E-state index contributed by atoms with van der Waals surface area (Å²) in [7, 11) is 0. The lowest BCUT2D eigenvalue weighted by Crippen LogP contribution is -2.20. The minimum absolute atomic E-state index is 0.136. The summed E-state index contributed by atoms with van der Waals surface area (Å²) in [6.45, 7) is 3.24. The molecule has 0 radical (unpaired) electrons. The van der Waals surface area contributed by atoms with Gasteiger partial charge < -0.3 is 19.4 Å². The molecule has 5 rings (SSSR count). The molecule has 1 N–H and O–H groups in total. The Bertz CT molecular complexity index is 1230. The van der Waals surface area contributed by atoms with Gasteiger partial charge in [-0.3, -0.25) is 4.79 Å². The van der Waals surface area contributed by atoms with Crippen molar-refractivity contribution in [3.05, 3.63) is 72.3 Å². The van der Waals surface area contributed by atoms with Gasteiger partial charge in [-0.05, 0) is 31.2 Å². The van der Waals surface area contributed by atoms with Crippen LogP contribution in [0.1, 0.15) is 5.56 Å². The first-order valence-corrected chi connectivity index (χ1v) is 9.89. The van der Waals surface area contributed by atoms with Gasteiger partial charge in [0.15, 0.2) is 11.5 Å². The molecule has 0 saturated carbocycles. The van der Waals surface area contributed by atoms with Crippen LogP contribution in [0.2, 0.25) is 0 Å². The monoisotopic (exact) mass is 399 g/mol. The summed E-state index contributed by atoms with van der Waals surface area (Å²) >= 11 is 0. The average molecular weight is 399 g/mol. The lowest BCUT2D eigenvalue weighted by atomic mass is 10.1. The Morgan fingerprint density at radius 1 is 1.00 bits per heavy atom. The van der Waals surface area contributed by atoms with E-state index in [-0.39, 0.29) is 12.5 Å². The Morgan fingerprint density at radius 2 is 1.77 bits per heavy atom. The van der Waals surface area contributed by atoms with Crippen LogP contribution >= 0.6 is 0 Å². The zero-order chi connectivity index (χ0) is 20.5. The number of carbonyl (C=O) groups is 1. The Kier molecular flexibility index (Phi) is 4.59. The molecule has 0 atom stereocenters. The first-order chi connectivity index (χ1) is 14.7. The molecule has 30 heavy (non-hydrogen) atoms. The number of hydrogen-bond donors (Lipinski definition) is 1. The summed E-state index contributed by atoms with van der Waals surface area (Å²) in [6, 6.07) is 21.4. The van der Waals surface area contributed by atoms with E-state index in [0.29, 0.717) is 30.4 Å². The van der Waals surface area contributed by atoms with Crippen LogP contribution in [0, 0.1) is 6.92 Å². The number of rotatable bonds is 4. The molecule has 0 aliphatic carbocycles. The summed E-state index contributed by atoms with van der Waals surface area (Å²) in [5, 5.41) is 2.96. The molecule has 1 amide bonds. The molecule has 0 spiro atoms. The highest BCUT2D eigenvalue weighted by Crippen LogP contribution is 2.32. The number of benzene rings is 3. The van der Waals surface area contributed by atoms with Crippen molar-refractivity contribution in [2.24, 2.45) is 0 Å². The Hall–Kier alpha value is -3.80. The van der Waals surface area contributed by atoms with Crippen LogP contribution in [0.3, 0.4) is 0 Å². The average Bonchev–Trinajstić information content (AvgIpc) is 3.12. The quantitative estimate of drug-likeness (QED) is 0.552. The van der Waals surface area contributed by atoms with E-state index in [1.54, 1.807) is 6.07 Å². The number of hydrogen-bond acceptors (Lipinski definition) is 4. The zero-order valence-corrected chi connectivity index (χ0v) is 16.6. The Balaban J connectivity index is 1.45. The first-order valence-electron chi connectivity index (χ1n) is 9.89. The van der Waals surface area contributed by atoms with Gasteiger partial charge in [0.2, 0.25) is 5.91 Å². The number of anilines is 1. The molecule has 150 valence electrons. The van der Waals surface area contributed by atoms with E-state index in [9.17, 15) is 4.79 Å². The van der Waals surface area contributed by atoms with Crippen molar-refractivity contribution in [2.45, 2.75) is 13.5 Å². The van der Waals surface area contributed by atoms with Gasteiger partial charge >= 0.3 is 0 Å². The van der Waals surface area contributed by atoms with Crippen LogP contribution in [0.25, 0.3) is 22.4 Å². The number of amides is 1. The van der Waals surface area contributed by atoms with Gasteiger partial charge in [0, 0.05) is 17.3 Å². The summed E-state index contributed by atoms with van der Waals surface area (Å²) < 4.78 is 13.1. The van der Waals surface area contributed by atoms with E-state index in [1.165, 1.54) is 5.56 Å². The molecule has 2 heterocycles. The van der Waals surface area contributed by atoms with Crippen molar-refractivity contribution in [1.82, 2.24) is 9.55 Å². The van der Waals surface area contributed by atoms with Crippen LogP contribution in [0.5, 0.6) is 11.5 Å². The predicted octanol–water partition coefficient (Wildman–Crippen LogP) is 4.42. The predicted molar refractivity (Wildman–Crippen MR) is 116 cm³/mol. The molecule has 0 bridgehead atoms. The lowest BCUT2D eigenvalue weighted by Gasteiger charge is -2.19. The van der Waals surface area contributed by atoms with Gasteiger partial charge in [0.05, 0.1) is 11.0 Å². The van der Waals surface area contributed by atoms with Gasteiger partial charge in [-0.2, -0.15) is 0 Å². The summed E-state index contributed by atoms with van der Waals surface area (Å²) in [5.41, 5.74) is 4.61. The number of nitrogens with zero attached hydrogens (tertiary/aromatic N) is 2. The minimum atomic E-state index is -0.136. The highest BCUT2D eigenvalue weighted by molar-refractivity contribution is 5.93. The molecule has 0 fully saturated rings. The number of nitrogens with one attached hydrogen (secondary N) is 1. The second-order valence-corrected chi connectivity index (χ2v) is 7.28. The molecule has 1 aliphatic rings. The van der Waals surface area contributed by atoms with Gasteiger partial charge in [0.25, 0.3) is 0 Å². The third-order valence-corrected chi connectivity index (χ3v) is 5.09. The van der Waals surface area contributed by atoms with E-state index in [2.05, 4.69) is 5.32 Å². The first kappa shape index (κ1) is 18.2. The van der Waals surface area contributed by atoms with Gasteiger partial charge in [0.1, 0.15) is 25.6 Å². The second-order valence-electron chi connectivity index (χ2n) is 7.28. The van der Waals surface area contributed by atoms with E-state index >= 15 is 0 Å². The SMILES string of the molecule is Cc1ccc(-c2nc3ccccc3n2CC(=O)Nc2ccc3c(c2)OCCO3)cc1. The zero-order valence-electron chi connectivity index (χ0n) is 16.6. The topological polar surface area (TPSA) is 65.4 Å². The van der Waals surface area contributed by atoms with Crippen molar-refractivity contribution in [3.8, 4) is 22.9 Å². The standard InChI is InChI=1S/C24H21N3O3/c1-16-6-8-17(9-7-16)24-26-19-4-2-3-5-20(19)27(24)15-23(28)25-18-10-11-21-22(14-18)30-13-12-29-21/h2-11,14H,12-13,15H2,1H3,(H,25,28). The third kappa shape index (κ3) is 3.48. The largest absolute Gasteiger partial charge is 0.486 e.